The molecule has 0 fully saturated rings. The summed E-state index contributed by atoms with van der Waals surface area (Å²) >= 11 is 0. The predicted molar refractivity (Wildman–Crippen MR) is 145 cm³/mol. The fourth-order valence-electron chi connectivity index (χ4n) is 4.77. The predicted octanol–water partition coefficient (Wildman–Crippen LogP) is 6.28. The molecule has 39 heavy (non-hydrogen) atoms. The summed E-state index contributed by atoms with van der Waals surface area (Å²) in [5.74, 6) is 0.799. The van der Waals surface area contributed by atoms with Gasteiger partial charge in [0.05, 0.1) is 19.1 Å². The third kappa shape index (κ3) is 4.75. The molecule has 3 aromatic carbocycles. The van der Waals surface area contributed by atoms with Crippen LogP contribution in [0.15, 0.2) is 70.5 Å². The first-order valence-electron chi connectivity index (χ1n) is 12.7. The van der Waals surface area contributed by atoms with Crippen molar-refractivity contribution in [1.82, 2.24) is 0 Å². The molecule has 1 aromatic heterocycles. The SMILES string of the molecule is CCOc1ccc(C2C(C#N)=C(N)Oc3cc(OC(=O)c4oc5cc(C)ccc5c4C)ccc32)cc1OCC. The molecule has 0 bridgehead atoms. The maximum Gasteiger partial charge on any atom is 0.379 e. The molecule has 1 unspecified atom stereocenters. The Morgan fingerprint density at radius 3 is 2.51 bits per heavy atom. The molecule has 0 aliphatic carbocycles. The van der Waals surface area contributed by atoms with Gasteiger partial charge in [0.1, 0.15) is 28.7 Å². The third-order valence-electron chi connectivity index (χ3n) is 6.58. The van der Waals surface area contributed by atoms with Crippen LogP contribution in [0, 0.1) is 25.2 Å². The Morgan fingerprint density at radius 2 is 1.77 bits per heavy atom. The standard InChI is InChI=1S/C31H28N2O6/c1-5-35-24-12-8-19(14-27(24)36-6-2)28-22-11-9-20(15-26(22)39-30(33)23(28)16-32)37-31(34)29-18(4)21-10-7-17(3)13-25(21)38-29/h7-15,28H,5-6,33H2,1-4H3. The Hall–Kier alpha value is -4.90. The summed E-state index contributed by atoms with van der Waals surface area (Å²) in [4.78, 5) is 13.0. The van der Waals surface area contributed by atoms with Gasteiger partial charge in [0.25, 0.3) is 0 Å². The van der Waals surface area contributed by atoms with Crippen molar-refractivity contribution in [3.63, 3.8) is 0 Å². The minimum atomic E-state index is -0.622. The number of fused-ring (bicyclic) bond motifs is 2. The Morgan fingerprint density at radius 1 is 1.00 bits per heavy atom. The van der Waals surface area contributed by atoms with Gasteiger partial charge in [-0.15, -0.1) is 0 Å². The van der Waals surface area contributed by atoms with E-state index in [4.69, 9.17) is 29.1 Å². The molecule has 0 amide bonds. The van der Waals surface area contributed by atoms with Crippen molar-refractivity contribution in [1.29, 1.82) is 5.26 Å². The maximum absolute atomic E-state index is 13.0. The summed E-state index contributed by atoms with van der Waals surface area (Å²) in [6, 6.07) is 18.5. The zero-order valence-electron chi connectivity index (χ0n) is 22.2. The average molecular weight is 525 g/mol. The highest BCUT2D eigenvalue weighted by Crippen LogP contribution is 2.45. The first kappa shape index (κ1) is 25.7. The summed E-state index contributed by atoms with van der Waals surface area (Å²) in [6.45, 7) is 8.51. The van der Waals surface area contributed by atoms with Crippen LogP contribution < -0.4 is 24.7 Å². The van der Waals surface area contributed by atoms with E-state index >= 15 is 0 Å². The van der Waals surface area contributed by atoms with Crippen molar-refractivity contribution in [2.45, 2.75) is 33.6 Å². The highest BCUT2D eigenvalue weighted by Gasteiger charge is 2.32. The van der Waals surface area contributed by atoms with E-state index < -0.39 is 11.9 Å². The second-order valence-electron chi connectivity index (χ2n) is 9.14. The molecule has 0 saturated heterocycles. The van der Waals surface area contributed by atoms with E-state index in [1.54, 1.807) is 18.2 Å². The minimum Gasteiger partial charge on any atom is -0.490 e. The number of benzene rings is 3. The molecule has 0 spiro atoms. The van der Waals surface area contributed by atoms with E-state index in [-0.39, 0.29) is 23.0 Å². The summed E-state index contributed by atoms with van der Waals surface area (Å²) in [5.41, 5.74) is 10.3. The van der Waals surface area contributed by atoms with Crippen LogP contribution >= 0.6 is 0 Å². The van der Waals surface area contributed by atoms with Crippen molar-refractivity contribution in [2.24, 2.45) is 5.73 Å². The molecular weight excluding hydrogens is 496 g/mol. The molecule has 2 N–H and O–H groups in total. The summed E-state index contributed by atoms with van der Waals surface area (Å²) in [7, 11) is 0. The van der Waals surface area contributed by atoms with Crippen LogP contribution in [0.2, 0.25) is 0 Å². The zero-order chi connectivity index (χ0) is 27.7. The molecule has 8 heteroatoms. The number of rotatable bonds is 7. The highest BCUT2D eigenvalue weighted by atomic mass is 16.5. The number of aryl methyl sites for hydroxylation is 2. The number of hydrogen-bond donors (Lipinski definition) is 1. The smallest absolute Gasteiger partial charge is 0.379 e. The Labute approximate surface area is 226 Å². The highest BCUT2D eigenvalue weighted by molar-refractivity contribution is 5.97. The molecule has 198 valence electrons. The number of carbonyl (C=O) groups is 1. The lowest BCUT2D eigenvalue weighted by Gasteiger charge is -2.27. The molecular formula is C31H28N2O6. The molecule has 0 saturated carbocycles. The second-order valence-corrected chi connectivity index (χ2v) is 9.14. The van der Waals surface area contributed by atoms with Gasteiger partial charge in [-0.3, -0.25) is 0 Å². The fourth-order valence-corrected chi connectivity index (χ4v) is 4.77. The lowest BCUT2D eigenvalue weighted by atomic mass is 9.83. The largest absolute Gasteiger partial charge is 0.490 e. The maximum atomic E-state index is 13.0. The van der Waals surface area contributed by atoms with Crippen LogP contribution in [-0.2, 0) is 0 Å². The molecule has 5 rings (SSSR count). The van der Waals surface area contributed by atoms with Crippen LogP contribution in [0.25, 0.3) is 11.0 Å². The van der Waals surface area contributed by atoms with Crippen LogP contribution in [0.3, 0.4) is 0 Å². The first-order valence-corrected chi connectivity index (χ1v) is 12.7. The van der Waals surface area contributed by atoms with Gasteiger partial charge in [0, 0.05) is 22.6 Å². The molecule has 2 heterocycles. The number of allylic oxidation sites excluding steroid dienone is 1. The van der Waals surface area contributed by atoms with Crippen LogP contribution in [0.1, 0.15) is 52.6 Å². The van der Waals surface area contributed by atoms with E-state index in [9.17, 15) is 10.1 Å². The van der Waals surface area contributed by atoms with Gasteiger partial charge in [-0.2, -0.15) is 5.26 Å². The Balaban J connectivity index is 1.49. The average Bonchev–Trinajstić information content (AvgIpc) is 3.24. The van der Waals surface area contributed by atoms with Crippen molar-refractivity contribution in [2.75, 3.05) is 13.2 Å². The topological polar surface area (TPSA) is 117 Å². The van der Waals surface area contributed by atoms with Gasteiger partial charge in [0.2, 0.25) is 11.6 Å². The van der Waals surface area contributed by atoms with E-state index in [0.717, 1.165) is 16.5 Å². The molecule has 1 aliphatic heterocycles. The van der Waals surface area contributed by atoms with Gasteiger partial charge in [-0.25, -0.2) is 4.79 Å². The van der Waals surface area contributed by atoms with Crippen LogP contribution in [-0.4, -0.2) is 19.2 Å². The van der Waals surface area contributed by atoms with Crippen molar-refractivity contribution < 1.29 is 28.2 Å². The third-order valence-corrected chi connectivity index (χ3v) is 6.58. The fraction of sp³-hybridized carbons (Fsp3) is 0.226. The van der Waals surface area contributed by atoms with Crippen LogP contribution in [0.4, 0.5) is 0 Å². The molecule has 1 aliphatic rings. The lowest BCUT2D eigenvalue weighted by molar-refractivity contribution is 0.0702. The number of nitrogens with zero attached hydrogens (tertiary/aromatic N) is 1. The van der Waals surface area contributed by atoms with Gasteiger partial charge in [-0.05, 0) is 63.1 Å². The van der Waals surface area contributed by atoms with Gasteiger partial charge < -0.3 is 29.1 Å². The summed E-state index contributed by atoms with van der Waals surface area (Å²) in [5, 5.41) is 10.8. The van der Waals surface area contributed by atoms with E-state index in [2.05, 4.69) is 6.07 Å². The zero-order valence-corrected chi connectivity index (χ0v) is 22.2. The normalized spacial score (nSPS) is 14.4. The van der Waals surface area contributed by atoms with Crippen molar-refractivity contribution in [3.8, 4) is 29.1 Å². The number of ether oxygens (including phenoxy) is 4. The van der Waals surface area contributed by atoms with Crippen LogP contribution in [0.5, 0.6) is 23.0 Å². The van der Waals surface area contributed by atoms with E-state index in [0.29, 0.717) is 47.2 Å². The number of nitriles is 1. The first-order chi connectivity index (χ1) is 18.8. The lowest BCUT2D eigenvalue weighted by Crippen LogP contribution is -2.21. The minimum absolute atomic E-state index is 0.0196. The number of hydrogen-bond acceptors (Lipinski definition) is 8. The van der Waals surface area contributed by atoms with Gasteiger partial charge in [-0.1, -0.05) is 24.3 Å². The number of nitrogens with two attached hydrogens (primary N) is 1. The summed E-state index contributed by atoms with van der Waals surface area (Å²) < 4.78 is 28.8. The summed E-state index contributed by atoms with van der Waals surface area (Å²) in [6.07, 6.45) is 0. The Bertz CT molecular complexity index is 1660. The Kier molecular flexibility index (Phi) is 6.90. The van der Waals surface area contributed by atoms with E-state index in [1.165, 1.54) is 0 Å². The van der Waals surface area contributed by atoms with E-state index in [1.807, 2.05) is 64.1 Å². The quantitative estimate of drug-likeness (QED) is 0.222. The number of furan rings is 1. The molecule has 8 nitrogen and oxygen atoms in total. The number of esters is 1. The van der Waals surface area contributed by atoms with Crippen molar-refractivity contribution >= 4 is 16.9 Å². The number of carbonyl (C=O) groups excluding carboxylic acids is 1. The van der Waals surface area contributed by atoms with Gasteiger partial charge in [0.15, 0.2) is 11.5 Å². The molecule has 1 atom stereocenters. The second kappa shape index (κ2) is 10.5. The molecule has 4 aromatic rings. The van der Waals surface area contributed by atoms with Crippen molar-refractivity contribution in [3.05, 3.63) is 94.1 Å². The van der Waals surface area contributed by atoms with Gasteiger partial charge >= 0.3 is 5.97 Å². The molecule has 0 radical (unpaired) electrons. The monoisotopic (exact) mass is 524 g/mol.